The maximum atomic E-state index is 11.3. The lowest BCUT2D eigenvalue weighted by Crippen LogP contribution is -2.13. The first kappa shape index (κ1) is 10.7. The molecule has 14 heavy (non-hydrogen) atoms. The monoisotopic (exact) mass is 194 g/mol. The van der Waals surface area contributed by atoms with Gasteiger partial charge in [0.25, 0.3) is 0 Å². The molecule has 0 aliphatic heterocycles. The van der Waals surface area contributed by atoms with E-state index in [1.165, 1.54) is 6.08 Å². The Morgan fingerprint density at radius 1 is 1.21 bits per heavy atom. The van der Waals surface area contributed by atoms with Gasteiger partial charge in [0, 0.05) is 11.6 Å². The summed E-state index contributed by atoms with van der Waals surface area (Å²) in [6.45, 7) is 2.07. The predicted octanol–water partition coefficient (Wildman–Crippen LogP) is 2.09. The summed E-state index contributed by atoms with van der Waals surface area (Å²) in [5.74, 6) is -1.13. The van der Waals surface area contributed by atoms with Crippen LogP contribution in [0.2, 0.25) is 0 Å². The molecule has 0 spiro atoms. The molecule has 0 saturated carbocycles. The average molecular weight is 194 g/mol. The highest BCUT2D eigenvalue weighted by Gasteiger charge is 2.20. The summed E-state index contributed by atoms with van der Waals surface area (Å²) in [6, 6.07) is 0. The zero-order valence-electron chi connectivity index (χ0n) is 8.25. The van der Waals surface area contributed by atoms with Gasteiger partial charge in [-0.1, -0.05) is 19.8 Å². The van der Waals surface area contributed by atoms with Gasteiger partial charge in [0.15, 0.2) is 11.5 Å². The maximum Gasteiger partial charge on any atom is 0.223 e. The van der Waals surface area contributed by atoms with Crippen LogP contribution >= 0.6 is 0 Å². The third-order valence-corrected chi connectivity index (χ3v) is 2.17. The van der Waals surface area contributed by atoms with E-state index in [4.69, 9.17) is 5.11 Å². The van der Waals surface area contributed by atoms with E-state index in [0.717, 1.165) is 25.3 Å². The van der Waals surface area contributed by atoms with Crippen LogP contribution in [0.1, 0.15) is 32.6 Å². The van der Waals surface area contributed by atoms with Gasteiger partial charge in [-0.2, -0.15) is 0 Å². The number of hydrogen-bond acceptors (Lipinski definition) is 3. The van der Waals surface area contributed by atoms with Gasteiger partial charge >= 0.3 is 0 Å². The van der Waals surface area contributed by atoms with Crippen LogP contribution in [0.15, 0.2) is 23.5 Å². The van der Waals surface area contributed by atoms with Crippen molar-refractivity contribution in [3.8, 4) is 0 Å². The number of unbranched alkanes of at least 4 members (excludes halogenated alkanes) is 2. The highest BCUT2D eigenvalue weighted by molar-refractivity contribution is 6.19. The summed E-state index contributed by atoms with van der Waals surface area (Å²) in [5, 5.41) is 9.12. The van der Waals surface area contributed by atoms with E-state index in [1.54, 1.807) is 0 Å². The Balaban J connectivity index is 2.60. The summed E-state index contributed by atoms with van der Waals surface area (Å²) in [7, 11) is 0. The standard InChI is InChI=1S/C11H14O3/c1-2-3-4-5-8-6-9(12)7-10(13)11(8)14/h6-7,13H,2-5H2,1H3. The molecule has 3 nitrogen and oxygen atoms in total. The van der Waals surface area contributed by atoms with Gasteiger partial charge in [-0.25, -0.2) is 0 Å². The Hall–Kier alpha value is -1.38. The zero-order valence-corrected chi connectivity index (χ0v) is 8.25. The van der Waals surface area contributed by atoms with Crippen molar-refractivity contribution in [3.63, 3.8) is 0 Å². The molecule has 1 rings (SSSR count). The second-order valence-corrected chi connectivity index (χ2v) is 3.39. The van der Waals surface area contributed by atoms with Gasteiger partial charge in [0.2, 0.25) is 5.78 Å². The largest absolute Gasteiger partial charge is 0.504 e. The van der Waals surface area contributed by atoms with Crippen molar-refractivity contribution in [1.29, 1.82) is 0 Å². The van der Waals surface area contributed by atoms with E-state index in [0.29, 0.717) is 12.0 Å². The Morgan fingerprint density at radius 3 is 2.57 bits per heavy atom. The number of rotatable bonds is 4. The number of aliphatic hydroxyl groups is 1. The zero-order chi connectivity index (χ0) is 10.6. The molecule has 0 radical (unpaired) electrons. The molecule has 0 saturated heterocycles. The van der Waals surface area contributed by atoms with Crippen molar-refractivity contribution in [1.82, 2.24) is 0 Å². The minimum absolute atomic E-state index is 0.298. The minimum Gasteiger partial charge on any atom is -0.504 e. The summed E-state index contributed by atoms with van der Waals surface area (Å²) in [5.41, 5.74) is 0.434. The van der Waals surface area contributed by atoms with Gasteiger partial charge in [0.05, 0.1) is 0 Å². The number of ketones is 2. The normalized spacial score (nSPS) is 16.6. The Labute approximate surface area is 83.1 Å². The summed E-state index contributed by atoms with van der Waals surface area (Å²) < 4.78 is 0. The summed E-state index contributed by atoms with van der Waals surface area (Å²) in [6.07, 6.45) is 5.84. The Kier molecular flexibility index (Phi) is 3.63. The van der Waals surface area contributed by atoms with Gasteiger partial charge in [-0.3, -0.25) is 9.59 Å². The Bertz CT molecular complexity index is 310. The molecular formula is C11H14O3. The first-order valence-corrected chi connectivity index (χ1v) is 4.85. The molecule has 76 valence electrons. The fourth-order valence-corrected chi connectivity index (χ4v) is 1.39. The van der Waals surface area contributed by atoms with Crippen molar-refractivity contribution < 1.29 is 14.7 Å². The molecule has 0 aromatic carbocycles. The van der Waals surface area contributed by atoms with Crippen molar-refractivity contribution in [2.24, 2.45) is 0 Å². The highest BCUT2D eigenvalue weighted by atomic mass is 16.3. The van der Waals surface area contributed by atoms with Crippen LogP contribution in [0.25, 0.3) is 0 Å². The number of aliphatic hydroxyl groups excluding tert-OH is 1. The fourth-order valence-electron chi connectivity index (χ4n) is 1.39. The quantitative estimate of drug-likeness (QED) is 0.550. The molecule has 0 aromatic heterocycles. The SMILES string of the molecule is CCCCCC1=CC(=O)C=C(O)C1=O. The van der Waals surface area contributed by atoms with E-state index in [9.17, 15) is 9.59 Å². The fraction of sp³-hybridized carbons (Fsp3) is 0.455. The van der Waals surface area contributed by atoms with Crippen LogP contribution in [0, 0.1) is 0 Å². The third kappa shape index (κ3) is 2.55. The smallest absolute Gasteiger partial charge is 0.223 e. The predicted molar refractivity (Wildman–Crippen MR) is 53.0 cm³/mol. The maximum absolute atomic E-state index is 11.3. The lowest BCUT2D eigenvalue weighted by molar-refractivity contribution is -0.117. The number of carbonyl (C=O) groups is 2. The van der Waals surface area contributed by atoms with Crippen LogP contribution in [-0.2, 0) is 9.59 Å². The number of carbonyl (C=O) groups excluding carboxylic acids is 2. The van der Waals surface area contributed by atoms with E-state index in [1.807, 2.05) is 0 Å². The minimum atomic E-state index is -0.427. The van der Waals surface area contributed by atoms with Crippen LogP contribution in [0.3, 0.4) is 0 Å². The molecule has 1 N–H and O–H groups in total. The second kappa shape index (κ2) is 4.74. The second-order valence-electron chi connectivity index (χ2n) is 3.39. The summed E-state index contributed by atoms with van der Waals surface area (Å²) >= 11 is 0. The van der Waals surface area contributed by atoms with Crippen LogP contribution in [0.4, 0.5) is 0 Å². The molecule has 0 atom stereocenters. The molecule has 1 aliphatic rings. The summed E-state index contributed by atoms with van der Waals surface area (Å²) in [4.78, 5) is 22.3. The molecule has 1 aliphatic carbocycles. The molecule has 0 aromatic rings. The number of allylic oxidation sites excluding steroid dienone is 3. The molecular weight excluding hydrogens is 180 g/mol. The van der Waals surface area contributed by atoms with Gasteiger partial charge in [-0.05, 0) is 18.9 Å². The topological polar surface area (TPSA) is 54.4 Å². The molecule has 3 heteroatoms. The first-order chi connectivity index (χ1) is 6.65. The van der Waals surface area contributed by atoms with Crippen molar-refractivity contribution in [2.75, 3.05) is 0 Å². The molecule has 0 fully saturated rings. The van der Waals surface area contributed by atoms with E-state index in [-0.39, 0.29) is 5.78 Å². The molecule has 0 heterocycles. The number of Topliss-reactive ketones (excluding diaryl/α,β-unsaturated/α-hetero) is 1. The molecule has 0 unspecified atom stereocenters. The first-order valence-electron chi connectivity index (χ1n) is 4.85. The lowest BCUT2D eigenvalue weighted by Gasteiger charge is -2.08. The van der Waals surface area contributed by atoms with Gasteiger partial charge in [-0.15, -0.1) is 0 Å². The van der Waals surface area contributed by atoms with Crippen LogP contribution in [0.5, 0.6) is 0 Å². The van der Waals surface area contributed by atoms with Crippen molar-refractivity contribution in [2.45, 2.75) is 32.6 Å². The lowest BCUT2D eigenvalue weighted by atomic mass is 9.97. The molecule has 0 bridgehead atoms. The van der Waals surface area contributed by atoms with Crippen molar-refractivity contribution in [3.05, 3.63) is 23.5 Å². The number of hydrogen-bond donors (Lipinski definition) is 1. The van der Waals surface area contributed by atoms with E-state index in [2.05, 4.69) is 6.92 Å². The third-order valence-electron chi connectivity index (χ3n) is 2.17. The highest BCUT2D eigenvalue weighted by Crippen LogP contribution is 2.17. The Morgan fingerprint density at radius 2 is 1.93 bits per heavy atom. The average Bonchev–Trinajstić information content (AvgIpc) is 2.13. The van der Waals surface area contributed by atoms with Crippen LogP contribution in [-0.4, -0.2) is 16.7 Å². The molecule has 0 amide bonds. The van der Waals surface area contributed by atoms with Crippen molar-refractivity contribution >= 4 is 11.6 Å². The van der Waals surface area contributed by atoms with Crippen LogP contribution < -0.4 is 0 Å². The van der Waals surface area contributed by atoms with Gasteiger partial charge < -0.3 is 5.11 Å². The van der Waals surface area contributed by atoms with E-state index < -0.39 is 11.5 Å². The van der Waals surface area contributed by atoms with Gasteiger partial charge in [0.1, 0.15) is 0 Å². The van der Waals surface area contributed by atoms with E-state index >= 15 is 0 Å².